The summed E-state index contributed by atoms with van der Waals surface area (Å²) in [6.45, 7) is 3.60. The first-order chi connectivity index (χ1) is 11.6. The zero-order valence-electron chi connectivity index (χ0n) is 13.3. The summed E-state index contributed by atoms with van der Waals surface area (Å²) in [5, 5.41) is 14.2. The fourth-order valence-electron chi connectivity index (χ4n) is 2.47. The molecule has 8 heteroatoms. The number of H-pyrrole nitrogens is 1. The molecular weight excluding hydrogens is 308 g/mol. The van der Waals surface area contributed by atoms with Crippen LogP contribution in [0.4, 0.5) is 0 Å². The number of para-hydroxylation sites is 1. The first-order valence-corrected chi connectivity index (χ1v) is 7.37. The van der Waals surface area contributed by atoms with Gasteiger partial charge in [0.1, 0.15) is 5.56 Å². The number of aromatic amines is 1. The van der Waals surface area contributed by atoms with E-state index in [0.29, 0.717) is 17.1 Å². The molecule has 24 heavy (non-hydrogen) atoms. The molecule has 0 aliphatic rings. The predicted octanol–water partition coefficient (Wildman–Crippen LogP) is 0.897. The van der Waals surface area contributed by atoms with Crippen molar-refractivity contribution in [1.29, 1.82) is 0 Å². The van der Waals surface area contributed by atoms with E-state index in [-0.39, 0.29) is 12.1 Å². The van der Waals surface area contributed by atoms with Crippen LogP contribution in [0.5, 0.6) is 0 Å². The molecule has 2 aromatic heterocycles. The second kappa shape index (κ2) is 6.45. The van der Waals surface area contributed by atoms with Gasteiger partial charge in [-0.25, -0.2) is 0 Å². The maximum absolute atomic E-state index is 12.3. The van der Waals surface area contributed by atoms with Crippen molar-refractivity contribution in [2.75, 3.05) is 0 Å². The van der Waals surface area contributed by atoms with Crippen LogP contribution >= 0.6 is 0 Å². The summed E-state index contributed by atoms with van der Waals surface area (Å²) in [6, 6.07) is 11.1. The molecule has 0 saturated carbocycles. The number of aryl methyl sites for hydroxylation is 2. The summed E-state index contributed by atoms with van der Waals surface area (Å²) in [6.07, 6.45) is 0. The smallest absolute Gasteiger partial charge is 0.261 e. The molecule has 2 N–H and O–H groups in total. The fourth-order valence-corrected chi connectivity index (χ4v) is 2.47. The topological polar surface area (TPSA) is 106 Å². The molecule has 1 amide bonds. The van der Waals surface area contributed by atoms with E-state index in [2.05, 4.69) is 25.8 Å². The number of rotatable bonds is 4. The Labute approximate surface area is 137 Å². The first-order valence-electron chi connectivity index (χ1n) is 7.37. The van der Waals surface area contributed by atoms with Gasteiger partial charge in [-0.2, -0.15) is 4.68 Å². The van der Waals surface area contributed by atoms with E-state index in [1.54, 1.807) is 19.9 Å². The third kappa shape index (κ3) is 3.07. The van der Waals surface area contributed by atoms with Crippen molar-refractivity contribution in [2.24, 2.45) is 0 Å². The maximum atomic E-state index is 12.3. The Bertz CT molecular complexity index is 929. The number of carbonyl (C=O) groups is 1. The summed E-state index contributed by atoms with van der Waals surface area (Å²) in [5.74, 6) is 0.00658. The second-order valence-corrected chi connectivity index (χ2v) is 5.36. The summed E-state index contributed by atoms with van der Waals surface area (Å²) >= 11 is 0. The van der Waals surface area contributed by atoms with Crippen molar-refractivity contribution in [1.82, 2.24) is 30.5 Å². The van der Waals surface area contributed by atoms with Crippen LogP contribution in [0.15, 0.2) is 41.2 Å². The van der Waals surface area contributed by atoms with E-state index in [4.69, 9.17) is 0 Å². The van der Waals surface area contributed by atoms with Crippen LogP contribution in [0.1, 0.15) is 27.4 Å². The molecule has 122 valence electrons. The van der Waals surface area contributed by atoms with Crippen LogP contribution in [-0.4, -0.2) is 31.1 Å². The largest absolute Gasteiger partial charge is 0.344 e. The van der Waals surface area contributed by atoms with Crippen molar-refractivity contribution in [3.63, 3.8) is 0 Å². The Morgan fingerprint density at radius 3 is 2.71 bits per heavy atom. The average Bonchev–Trinajstić information content (AvgIpc) is 3.01. The quantitative estimate of drug-likeness (QED) is 0.741. The van der Waals surface area contributed by atoms with E-state index in [1.807, 2.05) is 30.3 Å². The third-order valence-electron chi connectivity index (χ3n) is 3.53. The molecule has 2 heterocycles. The number of amides is 1. The van der Waals surface area contributed by atoms with Crippen LogP contribution in [-0.2, 0) is 6.54 Å². The van der Waals surface area contributed by atoms with E-state index in [0.717, 1.165) is 5.69 Å². The molecule has 0 saturated heterocycles. The zero-order valence-corrected chi connectivity index (χ0v) is 13.3. The van der Waals surface area contributed by atoms with Crippen molar-refractivity contribution in [2.45, 2.75) is 20.4 Å². The molecule has 1 aromatic carbocycles. The number of pyridine rings is 1. The van der Waals surface area contributed by atoms with Gasteiger partial charge in [-0.15, -0.1) is 5.10 Å². The van der Waals surface area contributed by atoms with Crippen molar-refractivity contribution < 1.29 is 4.79 Å². The lowest BCUT2D eigenvalue weighted by molar-refractivity contribution is 0.0947. The Hall–Kier alpha value is -3.29. The highest BCUT2D eigenvalue weighted by molar-refractivity contribution is 5.95. The van der Waals surface area contributed by atoms with Gasteiger partial charge in [0.15, 0.2) is 5.82 Å². The predicted molar refractivity (Wildman–Crippen MR) is 86.9 cm³/mol. The van der Waals surface area contributed by atoms with Crippen LogP contribution in [0, 0.1) is 13.8 Å². The van der Waals surface area contributed by atoms with Crippen molar-refractivity contribution in [3.05, 3.63) is 69.4 Å². The third-order valence-corrected chi connectivity index (χ3v) is 3.53. The molecule has 0 aliphatic heterocycles. The molecule has 0 fully saturated rings. The van der Waals surface area contributed by atoms with Crippen LogP contribution in [0.3, 0.4) is 0 Å². The number of aromatic nitrogens is 5. The lowest BCUT2D eigenvalue weighted by Crippen LogP contribution is -2.31. The van der Waals surface area contributed by atoms with E-state index < -0.39 is 11.5 Å². The highest BCUT2D eigenvalue weighted by Gasteiger charge is 2.16. The number of hydrogen-bond donors (Lipinski definition) is 2. The average molecular weight is 324 g/mol. The number of nitrogens with one attached hydrogen (secondary N) is 2. The normalized spacial score (nSPS) is 10.6. The zero-order chi connectivity index (χ0) is 17.1. The maximum Gasteiger partial charge on any atom is 0.261 e. The minimum atomic E-state index is -0.462. The second-order valence-electron chi connectivity index (χ2n) is 5.36. The number of hydrogen-bond acceptors (Lipinski definition) is 5. The Morgan fingerprint density at radius 2 is 2.00 bits per heavy atom. The highest BCUT2D eigenvalue weighted by Crippen LogP contribution is 2.07. The summed E-state index contributed by atoms with van der Waals surface area (Å²) < 4.78 is 1.53. The highest BCUT2D eigenvalue weighted by atomic mass is 16.2. The van der Waals surface area contributed by atoms with Crippen molar-refractivity contribution >= 4 is 5.91 Å². The van der Waals surface area contributed by atoms with Crippen LogP contribution in [0.25, 0.3) is 5.69 Å². The molecule has 0 aliphatic carbocycles. The molecule has 8 nitrogen and oxygen atoms in total. The van der Waals surface area contributed by atoms with Gasteiger partial charge >= 0.3 is 0 Å². The van der Waals surface area contributed by atoms with Gasteiger partial charge in [0.05, 0.1) is 12.2 Å². The lowest BCUT2D eigenvalue weighted by Gasteiger charge is -2.08. The number of tetrazole rings is 1. The van der Waals surface area contributed by atoms with Gasteiger partial charge in [0.25, 0.3) is 11.5 Å². The minimum Gasteiger partial charge on any atom is -0.344 e. The van der Waals surface area contributed by atoms with Gasteiger partial charge in [0.2, 0.25) is 0 Å². The first kappa shape index (κ1) is 15.6. The molecule has 0 unspecified atom stereocenters. The standard InChI is InChI=1S/C16H16N6O2/c1-10-8-11(2)18-16(24)14(10)15(23)17-9-13-19-20-21-22(13)12-6-4-3-5-7-12/h3-8H,9H2,1-2H3,(H,17,23)(H,18,24). The van der Waals surface area contributed by atoms with Gasteiger partial charge in [-0.05, 0) is 48.0 Å². The minimum absolute atomic E-state index is 0.0966. The Morgan fingerprint density at radius 1 is 1.25 bits per heavy atom. The number of benzene rings is 1. The van der Waals surface area contributed by atoms with Crippen molar-refractivity contribution in [3.8, 4) is 5.69 Å². The van der Waals surface area contributed by atoms with Gasteiger partial charge in [0, 0.05) is 5.69 Å². The van der Waals surface area contributed by atoms with Gasteiger partial charge in [-0.3, -0.25) is 9.59 Å². The summed E-state index contributed by atoms with van der Waals surface area (Å²) in [4.78, 5) is 27.0. The molecule has 0 spiro atoms. The fraction of sp³-hybridized carbons (Fsp3) is 0.188. The monoisotopic (exact) mass is 324 g/mol. The molecule has 3 aromatic rings. The lowest BCUT2D eigenvalue weighted by atomic mass is 10.1. The summed E-state index contributed by atoms with van der Waals surface area (Å²) in [7, 11) is 0. The van der Waals surface area contributed by atoms with Gasteiger partial charge in [-0.1, -0.05) is 18.2 Å². The van der Waals surface area contributed by atoms with Crippen LogP contribution in [0.2, 0.25) is 0 Å². The van der Waals surface area contributed by atoms with E-state index >= 15 is 0 Å². The van der Waals surface area contributed by atoms with E-state index in [9.17, 15) is 9.59 Å². The molecule has 3 rings (SSSR count). The Kier molecular flexibility index (Phi) is 4.19. The molecule has 0 atom stereocenters. The van der Waals surface area contributed by atoms with Gasteiger partial charge < -0.3 is 10.3 Å². The van der Waals surface area contributed by atoms with Crippen LogP contribution < -0.4 is 10.9 Å². The molecule has 0 radical (unpaired) electrons. The van der Waals surface area contributed by atoms with E-state index in [1.165, 1.54) is 4.68 Å². The number of carbonyl (C=O) groups excluding carboxylic acids is 1. The SMILES string of the molecule is Cc1cc(C)c(C(=O)NCc2nnnn2-c2ccccc2)c(=O)[nH]1. The summed E-state index contributed by atoms with van der Waals surface area (Å²) in [5.41, 5.74) is 1.81. The molecule has 0 bridgehead atoms. The molecular formula is C16H16N6O2. The number of nitrogens with zero attached hydrogens (tertiary/aromatic N) is 4. The Balaban J connectivity index is 1.79.